The smallest absolute Gasteiger partial charge is 0.130 e. The second-order valence-corrected chi connectivity index (χ2v) is 4.71. The van der Waals surface area contributed by atoms with Crippen LogP contribution in [0.4, 0.5) is 8.78 Å². The van der Waals surface area contributed by atoms with Crippen molar-refractivity contribution in [1.82, 2.24) is 4.90 Å². The summed E-state index contributed by atoms with van der Waals surface area (Å²) >= 11 is 0. The number of ether oxygens (including phenoxy) is 1. The van der Waals surface area contributed by atoms with Crippen molar-refractivity contribution in [3.8, 4) is 0 Å². The monoisotopic (exact) mass is 256 g/mol. The normalized spacial score (nSPS) is 23.0. The standard InChI is InChI=1S/C13H18F2N2O/c1-9-7-17(4-5-18-9)8-13(16)11-3-2-10(14)6-12(11)15/h2-3,6,9,13H,4-5,7-8,16H2,1H3. The molecule has 0 aliphatic carbocycles. The van der Waals surface area contributed by atoms with Crippen LogP contribution < -0.4 is 5.73 Å². The van der Waals surface area contributed by atoms with Gasteiger partial charge in [0.05, 0.1) is 12.7 Å². The van der Waals surface area contributed by atoms with Gasteiger partial charge in [0.15, 0.2) is 0 Å². The molecule has 0 bridgehead atoms. The summed E-state index contributed by atoms with van der Waals surface area (Å²) in [5, 5.41) is 0. The molecule has 5 heteroatoms. The third-order valence-corrected chi connectivity index (χ3v) is 3.14. The molecule has 1 saturated heterocycles. The van der Waals surface area contributed by atoms with E-state index in [0.29, 0.717) is 18.7 Å². The van der Waals surface area contributed by atoms with E-state index >= 15 is 0 Å². The van der Waals surface area contributed by atoms with Crippen LogP contribution in [-0.2, 0) is 4.74 Å². The van der Waals surface area contributed by atoms with Gasteiger partial charge in [-0.3, -0.25) is 4.90 Å². The Kier molecular flexibility index (Phi) is 4.27. The third-order valence-electron chi connectivity index (χ3n) is 3.14. The van der Waals surface area contributed by atoms with E-state index in [9.17, 15) is 8.78 Å². The molecule has 1 aliphatic heterocycles. The Morgan fingerprint density at radius 2 is 2.28 bits per heavy atom. The van der Waals surface area contributed by atoms with Gasteiger partial charge in [0, 0.05) is 37.3 Å². The van der Waals surface area contributed by atoms with Gasteiger partial charge < -0.3 is 10.5 Å². The lowest BCUT2D eigenvalue weighted by atomic mass is 10.1. The van der Waals surface area contributed by atoms with Gasteiger partial charge in [-0.05, 0) is 13.0 Å². The molecular weight excluding hydrogens is 238 g/mol. The maximum atomic E-state index is 13.6. The van der Waals surface area contributed by atoms with Gasteiger partial charge in [-0.1, -0.05) is 6.07 Å². The second kappa shape index (κ2) is 5.73. The second-order valence-electron chi connectivity index (χ2n) is 4.71. The molecule has 1 aliphatic rings. The highest BCUT2D eigenvalue weighted by molar-refractivity contribution is 5.22. The Bertz CT molecular complexity index is 414. The average molecular weight is 256 g/mol. The average Bonchev–Trinajstić information content (AvgIpc) is 2.28. The molecular formula is C13H18F2N2O. The van der Waals surface area contributed by atoms with Gasteiger partial charge in [0.25, 0.3) is 0 Å². The first kappa shape index (κ1) is 13.4. The molecule has 2 unspecified atom stereocenters. The zero-order valence-electron chi connectivity index (χ0n) is 10.4. The minimum absolute atomic E-state index is 0.170. The molecule has 0 amide bonds. The fourth-order valence-corrected chi connectivity index (χ4v) is 2.24. The number of morpholine rings is 1. The summed E-state index contributed by atoms with van der Waals surface area (Å²) in [4.78, 5) is 2.14. The van der Waals surface area contributed by atoms with Gasteiger partial charge in [-0.15, -0.1) is 0 Å². The number of hydrogen-bond donors (Lipinski definition) is 1. The highest BCUT2D eigenvalue weighted by Gasteiger charge is 2.20. The molecule has 2 N–H and O–H groups in total. The molecule has 100 valence electrons. The van der Waals surface area contributed by atoms with Gasteiger partial charge in [-0.2, -0.15) is 0 Å². The van der Waals surface area contributed by atoms with E-state index in [-0.39, 0.29) is 6.10 Å². The highest BCUT2D eigenvalue weighted by atomic mass is 19.1. The lowest BCUT2D eigenvalue weighted by Gasteiger charge is -2.32. The van der Waals surface area contributed by atoms with Crippen molar-refractivity contribution in [2.24, 2.45) is 5.73 Å². The van der Waals surface area contributed by atoms with Crippen LogP contribution in [-0.4, -0.2) is 37.2 Å². The SMILES string of the molecule is CC1CN(CC(N)c2ccc(F)cc2F)CCO1. The quantitative estimate of drug-likeness (QED) is 0.894. The summed E-state index contributed by atoms with van der Waals surface area (Å²) in [7, 11) is 0. The number of rotatable bonds is 3. The Morgan fingerprint density at radius 3 is 2.94 bits per heavy atom. The molecule has 3 nitrogen and oxygen atoms in total. The summed E-state index contributed by atoms with van der Waals surface area (Å²) < 4.78 is 31.8. The minimum atomic E-state index is -0.580. The van der Waals surface area contributed by atoms with E-state index in [0.717, 1.165) is 19.2 Å². The van der Waals surface area contributed by atoms with Crippen molar-refractivity contribution < 1.29 is 13.5 Å². The predicted octanol–water partition coefficient (Wildman–Crippen LogP) is 1.69. The molecule has 2 rings (SSSR count). The summed E-state index contributed by atoms with van der Waals surface area (Å²) in [6, 6.07) is 3.08. The largest absolute Gasteiger partial charge is 0.376 e. The van der Waals surface area contributed by atoms with E-state index in [1.54, 1.807) is 0 Å². The predicted molar refractivity (Wildman–Crippen MR) is 65.1 cm³/mol. The molecule has 0 spiro atoms. The first-order chi connectivity index (χ1) is 8.56. The van der Waals surface area contributed by atoms with Crippen LogP contribution in [0.1, 0.15) is 18.5 Å². The van der Waals surface area contributed by atoms with Crippen molar-refractivity contribution in [3.05, 3.63) is 35.4 Å². The molecule has 1 aromatic carbocycles. The molecule has 0 saturated carbocycles. The molecule has 1 heterocycles. The summed E-state index contributed by atoms with van der Waals surface area (Å²) in [6.07, 6.45) is 0.170. The van der Waals surface area contributed by atoms with Crippen molar-refractivity contribution in [2.45, 2.75) is 19.1 Å². The first-order valence-electron chi connectivity index (χ1n) is 6.10. The van der Waals surface area contributed by atoms with Crippen molar-refractivity contribution >= 4 is 0 Å². The number of benzene rings is 1. The molecule has 2 atom stereocenters. The Balaban J connectivity index is 2.00. The zero-order chi connectivity index (χ0) is 13.1. The van der Waals surface area contributed by atoms with Gasteiger partial charge in [0.1, 0.15) is 11.6 Å². The topological polar surface area (TPSA) is 38.5 Å². The van der Waals surface area contributed by atoms with Crippen LogP contribution in [0.5, 0.6) is 0 Å². The molecule has 1 aromatic rings. The maximum absolute atomic E-state index is 13.6. The molecule has 0 aromatic heterocycles. The maximum Gasteiger partial charge on any atom is 0.130 e. The summed E-state index contributed by atoms with van der Waals surface area (Å²) in [5.74, 6) is -1.16. The van der Waals surface area contributed by atoms with E-state index < -0.39 is 17.7 Å². The zero-order valence-corrected chi connectivity index (χ0v) is 10.4. The van der Waals surface area contributed by atoms with E-state index in [2.05, 4.69) is 4.90 Å². The van der Waals surface area contributed by atoms with Crippen LogP contribution in [0.3, 0.4) is 0 Å². The highest BCUT2D eigenvalue weighted by Crippen LogP contribution is 2.18. The number of halogens is 2. The number of hydrogen-bond acceptors (Lipinski definition) is 3. The van der Waals surface area contributed by atoms with Crippen LogP contribution in [0.2, 0.25) is 0 Å². The summed E-state index contributed by atoms with van der Waals surface area (Å²) in [5.41, 5.74) is 6.33. The van der Waals surface area contributed by atoms with Crippen LogP contribution >= 0.6 is 0 Å². The number of nitrogens with zero attached hydrogens (tertiary/aromatic N) is 1. The minimum Gasteiger partial charge on any atom is -0.376 e. The Hall–Kier alpha value is -1.04. The van der Waals surface area contributed by atoms with Crippen molar-refractivity contribution in [1.29, 1.82) is 0 Å². The van der Waals surface area contributed by atoms with Crippen LogP contribution in [0.25, 0.3) is 0 Å². The van der Waals surface area contributed by atoms with Gasteiger partial charge >= 0.3 is 0 Å². The molecule has 1 fully saturated rings. The van der Waals surface area contributed by atoms with E-state index in [1.807, 2.05) is 6.92 Å². The van der Waals surface area contributed by atoms with Crippen LogP contribution in [0.15, 0.2) is 18.2 Å². The van der Waals surface area contributed by atoms with Crippen LogP contribution in [0, 0.1) is 11.6 Å². The van der Waals surface area contributed by atoms with Gasteiger partial charge in [-0.25, -0.2) is 8.78 Å². The van der Waals surface area contributed by atoms with Gasteiger partial charge in [0.2, 0.25) is 0 Å². The van der Waals surface area contributed by atoms with Crippen molar-refractivity contribution in [2.75, 3.05) is 26.2 Å². The third kappa shape index (κ3) is 3.25. The first-order valence-corrected chi connectivity index (χ1v) is 6.10. The lowest BCUT2D eigenvalue weighted by molar-refractivity contribution is -0.0200. The Labute approximate surface area is 106 Å². The van der Waals surface area contributed by atoms with E-state index in [4.69, 9.17) is 10.5 Å². The fourth-order valence-electron chi connectivity index (χ4n) is 2.24. The lowest BCUT2D eigenvalue weighted by Crippen LogP contribution is -2.44. The summed E-state index contributed by atoms with van der Waals surface area (Å²) in [6.45, 7) is 4.80. The van der Waals surface area contributed by atoms with E-state index in [1.165, 1.54) is 12.1 Å². The van der Waals surface area contributed by atoms with Crippen molar-refractivity contribution in [3.63, 3.8) is 0 Å². The number of nitrogens with two attached hydrogens (primary N) is 1. The molecule has 0 radical (unpaired) electrons. The molecule has 18 heavy (non-hydrogen) atoms. The fraction of sp³-hybridized carbons (Fsp3) is 0.538. The Morgan fingerprint density at radius 1 is 1.50 bits per heavy atom.